The van der Waals surface area contributed by atoms with Crippen LogP contribution >= 0.6 is 15.9 Å². The smallest absolute Gasteiger partial charge is 0.123 e. The highest BCUT2D eigenvalue weighted by molar-refractivity contribution is 9.10. The summed E-state index contributed by atoms with van der Waals surface area (Å²) in [6, 6.07) is 9.59. The van der Waals surface area contributed by atoms with Crippen molar-refractivity contribution in [1.82, 2.24) is 0 Å². The summed E-state index contributed by atoms with van der Waals surface area (Å²) in [4.78, 5) is 0. The summed E-state index contributed by atoms with van der Waals surface area (Å²) in [6.45, 7) is 3.62. The zero-order valence-corrected chi connectivity index (χ0v) is 10.2. The van der Waals surface area contributed by atoms with Crippen molar-refractivity contribution < 1.29 is 5.11 Å². The maximum Gasteiger partial charge on any atom is 0.123 e. The van der Waals surface area contributed by atoms with Crippen LogP contribution in [0, 0.1) is 0 Å². The molecule has 2 aromatic rings. The van der Waals surface area contributed by atoms with Crippen LogP contribution in [-0.4, -0.2) is 5.11 Å². The summed E-state index contributed by atoms with van der Waals surface area (Å²) in [7, 11) is 0. The first kappa shape index (κ1) is 11.0. The SMILES string of the molecule is C=C/C=C\c1c(O)ccc2cc(Br)ccc12. The van der Waals surface area contributed by atoms with Gasteiger partial charge in [-0.2, -0.15) is 0 Å². The second kappa shape index (κ2) is 4.54. The number of fused-ring (bicyclic) bond motifs is 1. The van der Waals surface area contributed by atoms with Crippen molar-refractivity contribution in [2.24, 2.45) is 0 Å². The highest BCUT2D eigenvalue weighted by Crippen LogP contribution is 2.30. The average molecular weight is 275 g/mol. The number of phenols is 1. The molecule has 0 fully saturated rings. The van der Waals surface area contributed by atoms with E-state index < -0.39 is 0 Å². The molecule has 0 atom stereocenters. The Kier molecular flexibility index (Phi) is 3.11. The number of phenolic OH excluding ortho intramolecular Hbond substituents is 1. The first-order chi connectivity index (χ1) is 7.72. The van der Waals surface area contributed by atoms with Crippen molar-refractivity contribution >= 4 is 32.8 Å². The summed E-state index contributed by atoms with van der Waals surface area (Å²) in [5, 5.41) is 11.9. The van der Waals surface area contributed by atoms with Crippen molar-refractivity contribution in [3.05, 3.63) is 59.1 Å². The number of aromatic hydroxyl groups is 1. The van der Waals surface area contributed by atoms with E-state index in [4.69, 9.17) is 0 Å². The fraction of sp³-hybridized carbons (Fsp3) is 0. The third kappa shape index (κ3) is 2.02. The highest BCUT2D eigenvalue weighted by atomic mass is 79.9. The molecule has 80 valence electrons. The molecular formula is C14H11BrO. The Balaban J connectivity index is 2.74. The average Bonchev–Trinajstić information content (AvgIpc) is 2.28. The molecular weight excluding hydrogens is 264 g/mol. The van der Waals surface area contributed by atoms with Crippen LogP contribution in [0.4, 0.5) is 0 Å². The normalized spacial score (nSPS) is 11.1. The van der Waals surface area contributed by atoms with E-state index in [1.165, 1.54) is 0 Å². The lowest BCUT2D eigenvalue weighted by atomic mass is 10.0. The monoisotopic (exact) mass is 274 g/mol. The van der Waals surface area contributed by atoms with Crippen LogP contribution < -0.4 is 0 Å². The first-order valence-corrected chi connectivity index (χ1v) is 5.72. The molecule has 0 saturated carbocycles. The lowest BCUT2D eigenvalue weighted by Gasteiger charge is -2.05. The van der Waals surface area contributed by atoms with Gasteiger partial charge in [0.2, 0.25) is 0 Å². The van der Waals surface area contributed by atoms with Gasteiger partial charge < -0.3 is 5.11 Å². The second-order valence-electron chi connectivity index (χ2n) is 3.46. The van der Waals surface area contributed by atoms with Crippen molar-refractivity contribution in [3.63, 3.8) is 0 Å². The van der Waals surface area contributed by atoms with Gasteiger partial charge in [-0.15, -0.1) is 0 Å². The van der Waals surface area contributed by atoms with Crippen LogP contribution in [0.3, 0.4) is 0 Å². The van der Waals surface area contributed by atoms with Crippen LogP contribution in [0.25, 0.3) is 16.8 Å². The van der Waals surface area contributed by atoms with Crippen LogP contribution in [-0.2, 0) is 0 Å². The second-order valence-corrected chi connectivity index (χ2v) is 4.37. The van der Waals surface area contributed by atoms with Gasteiger partial charge in [0.15, 0.2) is 0 Å². The van der Waals surface area contributed by atoms with Crippen LogP contribution in [0.5, 0.6) is 5.75 Å². The summed E-state index contributed by atoms with van der Waals surface area (Å²) in [5.74, 6) is 0.285. The van der Waals surface area contributed by atoms with Gasteiger partial charge in [-0.25, -0.2) is 0 Å². The lowest BCUT2D eigenvalue weighted by Crippen LogP contribution is -1.80. The molecule has 2 rings (SSSR count). The molecule has 0 spiro atoms. The van der Waals surface area contributed by atoms with E-state index in [-0.39, 0.29) is 5.75 Å². The number of halogens is 1. The predicted octanol–water partition coefficient (Wildman–Crippen LogP) is 4.51. The Morgan fingerprint density at radius 3 is 2.75 bits per heavy atom. The van der Waals surface area contributed by atoms with E-state index in [1.54, 1.807) is 12.1 Å². The third-order valence-electron chi connectivity index (χ3n) is 2.40. The summed E-state index contributed by atoms with van der Waals surface area (Å²) in [6.07, 6.45) is 5.37. The minimum atomic E-state index is 0.285. The topological polar surface area (TPSA) is 20.2 Å². The van der Waals surface area contributed by atoms with E-state index in [0.29, 0.717) is 0 Å². The summed E-state index contributed by atoms with van der Waals surface area (Å²) < 4.78 is 1.03. The van der Waals surface area contributed by atoms with Crippen molar-refractivity contribution in [2.45, 2.75) is 0 Å². The van der Waals surface area contributed by atoms with Crippen LogP contribution in [0.2, 0.25) is 0 Å². The van der Waals surface area contributed by atoms with Crippen molar-refractivity contribution in [2.75, 3.05) is 0 Å². The molecule has 0 unspecified atom stereocenters. The van der Waals surface area contributed by atoms with Gasteiger partial charge >= 0.3 is 0 Å². The summed E-state index contributed by atoms with van der Waals surface area (Å²) in [5.41, 5.74) is 0.824. The molecule has 2 heteroatoms. The number of hydrogen-bond acceptors (Lipinski definition) is 1. The maximum atomic E-state index is 9.81. The maximum absolute atomic E-state index is 9.81. The molecule has 0 bridgehead atoms. The van der Waals surface area contributed by atoms with E-state index in [0.717, 1.165) is 20.8 Å². The van der Waals surface area contributed by atoms with Gasteiger partial charge in [0.1, 0.15) is 5.75 Å². The molecule has 0 aliphatic rings. The Morgan fingerprint density at radius 1 is 1.19 bits per heavy atom. The van der Waals surface area contributed by atoms with Gasteiger partial charge in [-0.05, 0) is 29.0 Å². The molecule has 0 amide bonds. The molecule has 1 nitrogen and oxygen atoms in total. The van der Waals surface area contributed by atoms with Crippen molar-refractivity contribution in [1.29, 1.82) is 0 Å². The van der Waals surface area contributed by atoms with Gasteiger partial charge in [-0.3, -0.25) is 0 Å². The quantitative estimate of drug-likeness (QED) is 0.799. The molecule has 1 N–H and O–H groups in total. The number of rotatable bonds is 2. The number of hydrogen-bond donors (Lipinski definition) is 1. The Morgan fingerprint density at radius 2 is 2.00 bits per heavy atom. The minimum Gasteiger partial charge on any atom is -0.507 e. The van der Waals surface area contributed by atoms with Gasteiger partial charge in [0, 0.05) is 10.0 Å². The van der Waals surface area contributed by atoms with Crippen LogP contribution in [0.1, 0.15) is 5.56 Å². The van der Waals surface area contributed by atoms with E-state index in [9.17, 15) is 5.11 Å². The Bertz CT molecular complexity index is 570. The molecule has 0 radical (unpaired) electrons. The number of benzene rings is 2. The van der Waals surface area contributed by atoms with Gasteiger partial charge in [0.25, 0.3) is 0 Å². The van der Waals surface area contributed by atoms with E-state index in [2.05, 4.69) is 22.5 Å². The molecule has 0 saturated heterocycles. The van der Waals surface area contributed by atoms with Crippen molar-refractivity contribution in [3.8, 4) is 5.75 Å². The molecule has 2 aromatic carbocycles. The molecule has 0 heterocycles. The minimum absolute atomic E-state index is 0.285. The van der Waals surface area contributed by atoms with E-state index in [1.807, 2.05) is 36.4 Å². The largest absolute Gasteiger partial charge is 0.507 e. The molecule has 16 heavy (non-hydrogen) atoms. The fourth-order valence-electron chi connectivity index (χ4n) is 1.65. The zero-order valence-electron chi connectivity index (χ0n) is 8.65. The lowest BCUT2D eigenvalue weighted by molar-refractivity contribution is 0.475. The Hall–Kier alpha value is -1.54. The molecule has 0 aromatic heterocycles. The summed E-state index contributed by atoms with van der Waals surface area (Å²) >= 11 is 3.43. The fourth-order valence-corrected chi connectivity index (χ4v) is 2.03. The standard InChI is InChI=1S/C14H11BrO/c1-2-3-4-13-12-7-6-11(15)9-10(12)5-8-14(13)16/h2-9,16H,1H2/b4-3-. The predicted molar refractivity (Wildman–Crippen MR) is 72.5 cm³/mol. The van der Waals surface area contributed by atoms with E-state index >= 15 is 0 Å². The highest BCUT2D eigenvalue weighted by Gasteiger charge is 2.03. The van der Waals surface area contributed by atoms with Crippen LogP contribution in [0.15, 0.2) is 53.5 Å². The number of allylic oxidation sites excluding steroid dienone is 2. The first-order valence-electron chi connectivity index (χ1n) is 4.92. The third-order valence-corrected chi connectivity index (χ3v) is 2.89. The van der Waals surface area contributed by atoms with Gasteiger partial charge in [-0.1, -0.05) is 52.9 Å². The Labute approximate surface area is 103 Å². The zero-order chi connectivity index (χ0) is 11.5. The van der Waals surface area contributed by atoms with Gasteiger partial charge in [0.05, 0.1) is 0 Å². The molecule has 0 aliphatic carbocycles. The molecule has 0 aliphatic heterocycles.